The maximum absolute atomic E-state index is 13.7. The number of fused-ring (bicyclic) bond motifs is 2. The van der Waals surface area contributed by atoms with Gasteiger partial charge < -0.3 is 9.40 Å². The van der Waals surface area contributed by atoms with E-state index >= 15 is 0 Å². The van der Waals surface area contributed by atoms with Crippen molar-refractivity contribution in [2.75, 3.05) is 0 Å². The van der Waals surface area contributed by atoms with Gasteiger partial charge >= 0.3 is 12.1 Å². The second-order valence-electron chi connectivity index (χ2n) is 7.22. The first-order valence-electron chi connectivity index (χ1n) is 9.26. The van der Waals surface area contributed by atoms with E-state index in [9.17, 15) is 22.4 Å². The molecule has 30 heavy (non-hydrogen) atoms. The molecule has 0 aliphatic carbocycles. The van der Waals surface area contributed by atoms with E-state index in [0.717, 1.165) is 17.1 Å². The van der Waals surface area contributed by atoms with Crippen LogP contribution in [-0.2, 0) is 23.9 Å². The molecular weight excluding hydrogens is 472 g/mol. The summed E-state index contributed by atoms with van der Waals surface area (Å²) in [5, 5.41) is 3.85. The number of alkyl halides is 4. The highest BCUT2D eigenvalue weighted by atomic mass is 79.9. The zero-order valence-corrected chi connectivity index (χ0v) is 17.6. The average molecular weight is 489 g/mol. The first-order valence-corrected chi connectivity index (χ1v) is 10.0. The first kappa shape index (κ1) is 20.8. The summed E-state index contributed by atoms with van der Waals surface area (Å²) >= 11 is 3.12. The second kappa shape index (κ2) is 7.36. The Balaban J connectivity index is 1.67. The number of carbonyl (C=O) groups excluding carboxylic acids is 1. The van der Waals surface area contributed by atoms with Crippen LogP contribution in [0.15, 0.2) is 23.1 Å². The Kier molecular flexibility index (Phi) is 5.11. The summed E-state index contributed by atoms with van der Waals surface area (Å²) in [6.07, 6.45) is -2.62. The molecule has 3 heterocycles. The molecule has 160 valence electrons. The van der Waals surface area contributed by atoms with Gasteiger partial charge in [-0.2, -0.15) is 13.2 Å². The molecule has 0 saturated carbocycles. The standard InChI is InChI=1S/C19H17BrF4N4O2/c1-3-11(17-15-4-10(21)6-27(15)8-25-17)18(29)30-28-7-12-13(19(22,23)24)5-14(20)9(2)16(12)26-28/h5,7-8,10-11H,3-4,6H2,1-2H3/t10-,11?/m1/s1. The maximum Gasteiger partial charge on any atom is 0.417 e. The van der Waals surface area contributed by atoms with Crippen molar-refractivity contribution < 1.29 is 27.2 Å². The molecule has 0 saturated heterocycles. The van der Waals surface area contributed by atoms with Crippen molar-refractivity contribution in [2.24, 2.45) is 0 Å². The zero-order chi connectivity index (χ0) is 21.8. The number of aryl methyl sites for hydroxylation is 1. The molecule has 4 rings (SSSR count). The largest absolute Gasteiger partial charge is 0.417 e. The number of aromatic nitrogens is 4. The predicted molar refractivity (Wildman–Crippen MR) is 103 cm³/mol. The van der Waals surface area contributed by atoms with Crippen LogP contribution in [0.5, 0.6) is 0 Å². The fourth-order valence-electron chi connectivity index (χ4n) is 3.74. The van der Waals surface area contributed by atoms with Crippen LogP contribution in [0.4, 0.5) is 17.6 Å². The lowest BCUT2D eigenvalue weighted by Gasteiger charge is -2.12. The van der Waals surface area contributed by atoms with Crippen molar-refractivity contribution in [2.45, 2.75) is 51.5 Å². The average Bonchev–Trinajstić information content (AvgIpc) is 3.33. The topological polar surface area (TPSA) is 61.9 Å². The van der Waals surface area contributed by atoms with Crippen molar-refractivity contribution >= 4 is 32.8 Å². The Morgan fingerprint density at radius 1 is 1.43 bits per heavy atom. The molecule has 1 aromatic carbocycles. The lowest BCUT2D eigenvalue weighted by atomic mass is 10.00. The van der Waals surface area contributed by atoms with Crippen molar-refractivity contribution in [1.82, 2.24) is 19.5 Å². The molecule has 3 aromatic rings. The summed E-state index contributed by atoms with van der Waals surface area (Å²) in [6, 6.07) is 0.974. The van der Waals surface area contributed by atoms with Crippen LogP contribution >= 0.6 is 15.9 Å². The van der Waals surface area contributed by atoms with E-state index in [1.807, 2.05) is 0 Å². The first-order chi connectivity index (χ1) is 14.1. The SMILES string of the molecule is CCC(C(=O)On1cc2c(C(F)(F)F)cc(Br)c(C)c2n1)c1ncn2c1C[C@@H](F)C2. The minimum absolute atomic E-state index is 0.0701. The molecule has 0 N–H and O–H groups in total. The molecule has 0 amide bonds. The summed E-state index contributed by atoms with van der Waals surface area (Å²) in [4.78, 5) is 23.0. The van der Waals surface area contributed by atoms with E-state index in [4.69, 9.17) is 4.84 Å². The minimum atomic E-state index is -4.60. The number of hydrogen-bond acceptors (Lipinski definition) is 4. The van der Waals surface area contributed by atoms with E-state index in [1.54, 1.807) is 18.4 Å². The Bertz CT molecular complexity index is 1140. The number of halogens is 5. The second-order valence-corrected chi connectivity index (χ2v) is 8.08. The third-order valence-corrected chi connectivity index (χ3v) is 6.09. The summed E-state index contributed by atoms with van der Waals surface area (Å²) in [6.45, 7) is 3.55. The molecule has 1 unspecified atom stereocenters. The molecular formula is C19H17BrF4N4O2. The minimum Gasteiger partial charge on any atom is -0.331 e. The highest BCUT2D eigenvalue weighted by molar-refractivity contribution is 9.10. The van der Waals surface area contributed by atoms with Gasteiger partial charge in [-0.05, 0) is 25.0 Å². The molecule has 2 aromatic heterocycles. The Labute approximate surface area is 176 Å². The molecule has 11 heteroatoms. The smallest absolute Gasteiger partial charge is 0.331 e. The van der Waals surface area contributed by atoms with Crippen molar-refractivity contribution in [3.05, 3.63) is 45.6 Å². The van der Waals surface area contributed by atoms with E-state index < -0.39 is 29.8 Å². The fourth-order valence-corrected chi connectivity index (χ4v) is 4.16. The molecule has 0 radical (unpaired) electrons. The van der Waals surface area contributed by atoms with Crippen LogP contribution in [0.1, 0.15) is 41.8 Å². The van der Waals surface area contributed by atoms with Crippen LogP contribution in [-0.4, -0.2) is 31.6 Å². The van der Waals surface area contributed by atoms with Crippen LogP contribution in [0.3, 0.4) is 0 Å². The van der Waals surface area contributed by atoms with Gasteiger partial charge in [0.05, 0.1) is 30.3 Å². The van der Waals surface area contributed by atoms with Crippen molar-refractivity contribution in [3.63, 3.8) is 0 Å². The molecule has 0 fully saturated rings. The number of carbonyl (C=O) groups is 1. The van der Waals surface area contributed by atoms with Gasteiger partial charge in [0.15, 0.2) is 0 Å². The predicted octanol–water partition coefficient (Wildman–Crippen LogP) is 4.37. The number of nitrogens with zero attached hydrogens (tertiary/aromatic N) is 4. The van der Waals surface area contributed by atoms with Gasteiger partial charge in [-0.25, -0.2) is 14.2 Å². The Morgan fingerprint density at radius 2 is 2.17 bits per heavy atom. The summed E-state index contributed by atoms with van der Waals surface area (Å²) in [5.41, 5.74) is 0.733. The van der Waals surface area contributed by atoms with Gasteiger partial charge in [0.1, 0.15) is 17.6 Å². The summed E-state index contributed by atoms with van der Waals surface area (Å²) in [7, 11) is 0. The Morgan fingerprint density at radius 3 is 2.83 bits per heavy atom. The fraction of sp³-hybridized carbons (Fsp3) is 0.421. The van der Waals surface area contributed by atoms with E-state index in [2.05, 4.69) is 26.0 Å². The van der Waals surface area contributed by atoms with Crippen LogP contribution in [0, 0.1) is 6.92 Å². The third kappa shape index (κ3) is 3.48. The van der Waals surface area contributed by atoms with Gasteiger partial charge in [0.2, 0.25) is 0 Å². The van der Waals surface area contributed by atoms with Gasteiger partial charge in [-0.1, -0.05) is 27.7 Å². The molecule has 1 aliphatic heterocycles. The lowest BCUT2D eigenvalue weighted by Crippen LogP contribution is -2.27. The van der Waals surface area contributed by atoms with Gasteiger partial charge in [0, 0.05) is 22.0 Å². The van der Waals surface area contributed by atoms with Crippen LogP contribution in [0.25, 0.3) is 10.9 Å². The van der Waals surface area contributed by atoms with Crippen molar-refractivity contribution in [1.29, 1.82) is 0 Å². The number of imidazole rings is 1. The third-order valence-electron chi connectivity index (χ3n) is 5.27. The molecule has 0 spiro atoms. The summed E-state index contributed by atoms with van der Waals surface area (Å²) < 4.78 is 55.9. The highest BCUT2D eigenvalue weighted by Crippen LogP contribution is 2.38. The molecule has 0 bridgehead atoms. The molecule has 6 nitrogen and oxygen atoms in total. The van der Waals surface area contributed by atoms with E-state index in [-0.39, 0.29) is 28.3 Å². The quantitative estimate of drug-likeness (QED) is 0.511. The van der Waals surface area contributed by atoms with Crippen LogP contribution in [0.2, 0.25) is 0 Å². The molecule has 1 aliphatic rings. The van der Waals surface area contributed by atoms with Gasteiger partial charge in [-0.15, -0.1) is 5.10 Å². The monoisotopic (exact) mass is 488 g/mol. The Hall–Kier alpha value is -2.43. The van der Waals surface area contributed by atoms with Gasteiger partial charge in [0.25, 0.3) is 0 Å². The lowest BCUT2D eigenvalue weighted by molar-refractivity contribution is -0.147. The van der Waals surface area contributed by atoms with Gasteiger partial charge in [-0.3, -0.25) is 0 Å². The number of benzene rings is 1. The molecule has 2 atom stereocenters. The maximum atomic E-state index is 13.7. The normalized spacial score (nSPS) is 17.4. The van der Waals surface area contributed by atoms with E-state index in [0.29, 0.717) is 23.4 Å². The van der Waals surface area contributed by atoms with Crippen LogP contribution < -0.4 is 4.84 Å². The highest BCUT2D eigenvalue weighted by Gasteiger charge is 2.35. The van der Waals surface area contributed by atoms with E-state index in [1.165, 1.54) is 6.33 Å². The zero-order valence-electron chi connectivity index (χ0n) is 16.0. The number of hydrogen-bond donors (Lipinski definition) is 0. The number of rotatable bonds is 4. The summed E-state index contributed by atoms with van der Waals surface area (Å²) in [5.74, 6) is -1.51. The van der Waals surface area contributed by atoms with Crippen molar-refractivity contribution in [3.8, 4) is 0 Å².